The van der Waals surface area contributed by atoms with E-state index >= 15 is 0 Å². The normalized spacial score (nSPS) is 15.1. The first-order chi connectivity index (χ1) is 10.8. The van der Waals surface area contributed by atoms with Crippen molar-refractivity contribution in [3.63, 3.8) is 0 Å². The lowest BCUT2D eigenvalue weighted by molar-refractivity contribution is -0.154. The quantitative estimate of drug-likeness (QED) is 0.786. The van der Waals surface area contributed by atoms with E-state index in [4.69, 9.17) is 4.74 Å². The van der Waals surface area contributed by atoms with Crippen molar-refractivity contribution < 1.29 is 22.7 Å². The van der Waals surface area contributed by atoms with Gasteiger partial charge in [0.1, 0.15) is 0 Å². The van der Waals surface area contributed by atoms with Crippen LogP contribution in [-0.4, -0.2) is 45.3 Å². The lowest BCUT2D eigenvalue weighted by Gasteiger charge is -2.22. The van der Waals surface area contributed by atoms with Crippen molar-refractivity contribution in [3.05, 3.63) is 24.3 Å². The summed E-state index contributed by atoms with van der Waals surface area (Å²) in [6.45, 7) is -0.340. The molecule has 1 amide bonds. The predicted molar refractivity (Wildman–Crippen MR) is 84.2 cm³/mol. The van der Waals surface area contributed by atoms with E-state index in [-0.39, 0.29) is 23.4 Å². The molecule has 1 aliphatic carbocycles. The Morgan fingerprint density at radius 2 is 1.83 bits per heavy atom. The summed E-state index contributed by atoms with van der Waals surface area (Å²) in [4.78, 5) is 23.4. The van der Waals surface area contributed by atoms with Crippen LogP contribution in [0.15, 0.2) is 29.2 Å². The number of amides is 1. The Morgan fingerprint density at radius 3 is 2.30 bits per heavy atom. The Kier molecular flexibility index (Phi) is 5.38. The first-order valence-corrected chi connectivity index (χ1v) is 8.74. The summed E-state index contributed by atoms with van der Waals surface area (Å²) in [5.74, 6) is -0.863. The molecule has 2 rings (SSSR count). The number of anilines is 1. The topological polar surface area (TPSA) is 92.8 Å². The monoisotopic (exact) mass is 340 g/mol. The molecule has 0 radical (unpaired) electrons. The number of nitrogens with one attached hydrogen (secondary N) is 1. The molecule has 0 unspecified atom stereocenters. The molecular formula is C15H20N2O5S. The van der Waals surface area contributed by atoms with Gasteiger partial charge in [-0.15, -0.1) is 0 Å². The molecule has 1 saturated carbocycles. The van der Waals surface area contributed by atoms with E-state index in [2.05, 4.69) is 5.32 Å². The van der Waals surface area contributed by atoms with Crippen molar-refractivity contribution >= 4 is 27.6 Å². The van der Waals surface area contributed by atoms with Crippen LogP contribution in [0.5, 0.6) is 0 Å². The van der Waals surface area contributed by atoms with Gasteiger partial charge in [0, 0.05) is 19.8 Å². The maximum atomic E-state index is 11.9. The smallest absolute Gasteiger partial charge is 0.309 e. The van der Waals surface area contributed by atoms with Crippen molar-refractivity contribution in [2.24, 2.45) is 5.92 Å². The molecule has 1 aromatic carbocycles. The van der Waals surface area contributed by atoms with Gasteiger partial charge in [0.05, 0.1) is 10.8 Å². The summed E-state index contributed by atoms with van der Waals surface area (Å²) in [7, 11) is -0.607. The van der Waals surface area contributed by atoms with Gasteiger partial charge in [0.25, 0.3) is 5.91 Å². The van der Waals surface area contributed by atoms with Gasteiger partial charge in [0.15, 0.2) is 6.61 Å². The van der Waals surface area contributed by atoms with E-state index in [0.717, 1.165) is 23.6 Å². The highest BCUT2D eigenvalue weighted by Crippen LogP contribution is 2.27. The van der Waals surface area contributed by atoms with Crippen LogP contribution in [-0.2, 0) is 24.3 Å². The zero-order valence-electron chi connectivity index (χ0n) is 13.1. The van der Waals surface area contributed by atoms with E-state index in [0.29, 0.717) is 5.69 Å². The molecule has 126 valence electrons. The number of carbonyl (C=O) groups excluding carboxylic acids is 2. The average Bonchev–Trinajstić information content (AvgIpc) is 2.43. The largest absolute Gasteiger partial charge is 0.455 e. The third kappa shape index (κ3) is 4.29. The molecular weight excluding hydrogens is 320 g/mol. The fourth-order valence-electron chi connectivity index (χ4n) is 2.02. The van der Waals surface area contributed by atoms with Crippen LogP contribution in [0.2, 0.25) is 0 Å². The SMILES string of the molecule is CN(C)S(=O)(=O)c1ccc(NC(=O)COC(=O)C2CCC2)cc1. The van der Waals surface area contributed by atoms with Crippen molar-refractivity contribution in [1.29, 1.82) is 0 Å². The molecule has 8 heteroatoms. The van der Waals surface area contributed by atoms with Crippen LogP contribution < -0.4 is 5.32 Å². The minimum atomic E-state index is -3.50. The number of ether oxygens (including phenoxy) is 1. The summed E-state index contributed by atoms with van der Waals surface area (Å²) >= 11 is 0. The second-order valence-corrected chi connectivity index (χ2v) is 7.75. The number of benzene rings is 1. The second kappa shape index (κ2) is 7.10. The van der Waals surface area contributed by atoms with E-state index < -0.39 is 15.9 Å². The van der Waals surface area contributed by atoms with Crippen LogP contribution in [0, 0.1) is 5.92 Å². The Hall–Kier alpha value is -1.93. The van der Waals surface area contributed by atoms with Crippen molar-refractivity contribution in [1.82, 2.24) is 4.31 Å². The molecule has 0 heterocycles. The van der Waals surface area contributed by atoms with Crippen LogP contribution in [0.25, 0.3) is 0 Å². The molecule has 23 heavy (non-hydrogen) atoms. The average molecular weight is 340 g/mol. The van der Waals surface area contributed by atoms with Crippen LogP contribution in [0.3, 0.4) is 0 Å². The highest BCUT2D eigenvalue weighted by Gasteiger charge is 2.27. The molecule has 1 fully saturated rings. The standard InChI is InChI=1S/C15H20N2O5S/c1-17(2)23(20,21)13-8-6-12(7-9-13)16-14(18)10-22-15(19)11-4-3-5-11/h6-9,11H,3-5,10H2,1-2H3,(H,16,18). The second-order valence-electron chi connectivity index (χ2n) is 5.60. The lowest BCUT2D eigenvalue weighted by atomic mass is 9.86. The van der Waals surface area contributed by atoms with E-state index in [1.165, 1.54) is 38.4 Å². The van der Waals surface area contributed by atoms with Crippen LogP contribution >= 0.6 is 0 Å². The van der Waals surface area contributed by atoms with Gasteiger partial charge in [-0.2, -0.15) is 0 Å². The third-order valence-corrected chi connectivity index (χ3v) is 5.53. The number of hydrogen-bond donors (Lipinski definition) is 1. The fourth-order valence-corrected chi connectivity index (χ4v) is 2.92. The molecule has 1 N–H and O–H groups in total. The van der Waals surface area contributed by atoms with Gasteiger partial charge < -0.3 is 10.1 Å². The molecule has 1 aromatic rings. The minimum Gasteiger partial charge on any atom is -0.455 e. The van der Waals surface area contributed by atoms with Gasteiger partial charge >= 0.3 is 5.97 Å². The highest BCUT2D eigenvalue weighted by atomic mass is 32.2. The Balaban J connectivity index is 1.88. The van der Waals surface area contributed by atoms with Crippen molar-refractivity contribution in [3.8, 4) is 0 Å². The number of nitrogens with zero attached hydrogens (tertiary/aromatic N) is 1. The number of esters is 1. The molecule has 7 nitrogen and oxygen atoms in total. The zero-order chi connectivity index (χ0) is 17.0. The van der Waals surface area contributed by atoms with Crippen LogP contribution in [0.4, 0.5) is 5.69 Å². The highest BCUT2D eigenvalue weighted by molar-refractivity contribution is 7.89. The maximum Gasteiger partial charge on any atom is 0.309 e. The number of sulfonamides is 1. The van der Waals surface area contributed by atoms with Crippen molar-refractivity contribution in [2.75, 3.05) is 26.0 Å². The zero-order valence-corrected chi connectivity index (χ0v) is 13.9. The summed E-state index contributed by atoms with van der Waals surface area (Å²) in [6, 6.07) is 5.79. The number of hydrogen-bond acceptors (Lipinski definition) is 5. The molecule has 0 bridgehead atoms. The van der Waals surface area contributed by atoms with Gasteiger partial charge in [0.2, 0.25) is 10.0 Å². The van der Waals surface area contributed by atoms with E-state index in [1.54, 1.807) is 0 Å². The molecule has 0 saturated heterocycles. The summed E-state index contributed by atoms with van der Waals surface area (Å²) in [5, 5.41) is 2.56. The first-order valence-electron chi connectivity index (χ1n) is 7.30. The molecule has 0 atom stereocenters. The summed E-state index contributed by atoms with van der Waals surface area (Å²) in [6.07, 6.45) is 2.67. The van der Waals surface area contributed by atoms with Gasteiger partial charge in [-0.3, -0.25) is 9.59 Å². The van der Waals surface area contributed by atoms with Gasteiger partial charge in [-0.1, -0.05) is 6.42 Å². The Labute approximate surface area is 135 Å². The van der Waals surface area contributed by atoms with E-state index in [1.807, 2.05) is 0 Å². The number of rotatable bonds is 6. The number of carbonyl (C=O) groups is 2. The lowest BCUT2D eigenvalue weighted by Crippen LogP contribution is -2.28. The summed E-state index contributed by atoms with van der Waals surface area (Å²) in [5.41, 5.74) is 0.437. The molecule has 0 spiro atoms. The Bertz CT molecular complexity index is 678. The minimum absolute atomic E-state index is 0.0710. The first kappa shape index (κ1) is 17.4. The fraction of sp³-hybridized carbons (Fsp3) is 0.467. The van der Waals surface area contributed by atoms with Crippen molar-refractivity contribution in [2.45, 2.75) is 24.2 Å². The Morgan fingerprint density at radius 1 is 1.22 bits per heavy atom. The molecule has 0 aromatic heterocycles. The molecule has 0 aliphatic heterocycles. The third-order valence-electron chi connectivity index (χ3n) is 3.70. The van der Waals surface area contributed by atoms with Gasteiger partial charge in [-0.05, 0) is 37.1 Å². The summed E-state index contributed by atoms with van der Waals surface area (Å²) < 4.78 is 29.9. The van der Waals surface area contributed by atoms with E-state index in [9.17, 15) is 18.0 Å². The predicted octanol–water partition coefficient (Wildman–Crippen LogP) is 1.22. The van der Waals surface area contributed by atoms with Gasteiger partial charge in [-0.25, -0.2) is 12.7 Å². The molecule has 1 aliphatic rings. The van der Waals surface area contributed by atoms with Crippen LogP contribution in [0.1, 0.15) is 19.3 Å². The maximum absolute atomic E-state index is 11.9.